The molecule has 2 bridgehead atoms. The second-order valence-electron chi connectivity index (χ2n) is 7.25. The van der Waals surface area contributed by atoms with Gasteiger partial charge in [0.15, 0.2) is 5.60 Å². The number of hydrogen-bond donors (Lipinski definition) is 2. The maximum absolute atomic E-state index is 12.5. The summed E-state index contributed by atoms with van der Waals surface area (Å²) in [6, 6.07) is -0.331. The lowest BCUT2D eigenvalue weighted by atomic mass is 9.85. The van der Waals surface area contributed by atoms with Crippen molar-refractivity contribution in [1.82, 2.24) is 4.90 Å². The fourth-order valence-electron chi connectivity index (χ4n) is 3.68. The molecule has 0 aliphatic carbocycles. The molecule has 2 N–H and O–H groups in total. The molecule has 0 saturated carbocycles. The first-order valence-electron chi connectivity index (χ1n) is 8.62. The van der Waals surface area contributed by atoms with E-state index in [1.54, 1.807) is 19.9 Å². The molecule has 25 heavy (non-hydrogen) atoms. The monoisotopic (exact) mass is 351 g/mol. The number of aliphatic hydroxyl groups is 2. The van der Waals surface area contributed by atoms with Gasteiger partial charge in [0.1, 0.15) is 18.8 Å². The molecule has 3 aliphatic heterocycles. The third-order valence-electron chi connectivity index (χ3n) is 5.62. The zero-order chi connectivity index (χ0) is 18.4. The molecule has 0 unspecified atom stereocenters. The van der Waals surface area contributed by atoms with Gasteiger partial charge in [0.25, 0.3) is 0 Å². The van der Waals surface area contributed by atoms with E-state index >= 15 is 0 Å². The average Bonchev–Trinajstić information content (AvgIpc) is 3.09. The van der Waals surface area contributed by atoms with Crippen molar-refractivity contribution in [2.24, 2.45) is 5.92 Å². The lowest BCUT2D eigenvalue weighted by Gasteiger charge is -2.29. The number of nitrogens with zero attached hydrogens (tertiary/aromatic N) is 1. The summed E-state index contributed by atoms with van der Waals surface area (Å²) in [5.41, 5.74) is -0.581. The molecule has 7 nitrogen and oxygen atoms in total. The van der Waals surface area contributed by atoms with E-state index in [-0.39, 0.29) is 19.1 Å². The summed E-state index contributed by atoms with van der Waals surface area (Å²) in [6.07, 6.45) is 2.22. The van der Waals surface area contributed by atoms with Gasteiger partial charge >= 0.3 is 11.9 Å². The fourth-order valence-corrected chi connectivity index (χ4v) is 3.68. The van der Waals surface area contributed by atoms with Crippen LogP contribution in [0.2, 0.25) is 0 Å². The molecule has 7 heteroatoms. The number of rotatable bonds is 0. The first-order valence-corrected chi connectivity index (χ1v) is 8.62. The Morgan fingerprint density at radius 3 is 2.80 bits per heavy atom. The summed E-state index contributed by atoms with van der Waals surface area (Å²) in [5.74, 6) is -1.78. The zero-order valence-corrected chi connectivity index (χ0v) is 14.8. The third-order valence-corrected chi connectivity index (χ3v) is 5.62. The number of carbonyl (C=O) groups excluding carboxylic acids is 2. The zero-order valence-electron chi connectivity index (χ0n) is 14.8. The normalized spacial score (nSPS) is 41.5. The predicted molar refractivity (Wildman–Crippen MR) is 88.5 cm³/mol. The topological polar surface area (TPSA) is 96.3 Å². The molecule has 0 amide bonds. The molecule has 3 rings (SSSR count). The summed E-state index contributed by atoms with van der Waals surface area (Å²) < 4.78 is 10.9. The molecule has 138 valence electrons. The van der Waals surface area contributed by atoms with Gasteiger partial charge in [-0.3, -0.25) is 4.90 Å². The molecule has 2 fully saturated rings. The van der Waals surface area contributed by atoms with Crippen LogP contribution in [0.15, 0.2) is 23.3 Å². The summed E-state index contributed by atoms with van der Waals surface area (Å²) in [6.45, 7) is 5.85. The van der Waals surface area contributed by atoms with Gasteiger partial charge in [0.05, 0.1) is 6.04 Å². The first kappa shape index (κ1) is 18.1. The third kappa shape index (κ3) is 3.12. The van der Waals surface area contributed by atoms with Gasteiger partial charge in [0, 0.05) is 18.7 Å². The van der Waals surface area contributed by atoms with Crippen LogP contribution in [-0.2, 0) is 19.1 Å². The SMILES string of the molecule is C/C=C1/C[C@@H](C)[C@@](C)(O)C(=O)OCC2=CCN3C[C@@H](OC1=O)[C@@H](O)[C@@H]23. The summed E-state index contributed by atoms with van der Waals surface area (Å²) in [7, 11) is 0. The van der Waals surface area contributed by atoms with Crippen LogP contribution in [0, 0.1) is 5.92 Å². The molecule has 2 saturated heterocycles. The molecular weight excluding hydrogens is 326 g/mol. The molecule has 0 aromatic rings. The fraction of sp³-hybridized carbons (Fsp3) is 0.667. The highest BCUT2D eigenvalue weighted by Crippen LogP contribution is 2.33. The predicted octanol–water partition coefficient (Wildman–Crippen LogP) is 0.164. The van der Waals surface area contributed by atoms with Gasteiger partial charge in [-0.15, -0.1) is 0 Å². The van der Waals surface area contributed by atoms with Gasteiger partial charge < -0.3 is 19.7 Å². The van der Waals surface area contributed by atoms with Crippen molar-refractivity contribution < 1.29 is 29.3 Å². The van der Waals surface area contributed by atoms with Crippen LogP contribution in [0.5, 0.6) is 0 Å². The van der Waals surface area contributed by atoms with Gasteiger partial charge in [-0.1, -0.05) is 19.1 Å². The van der Waals surface area contributed by atoms with Gasteiger partial charge in [-0.05, 0) is 31.8 Å². The number of esters is 2. The van der Waals surface area contributed by atoms with Crippen molar-refractivity contribution in [2.45, 2.75) is 51.0 Å². The van der Waals surface area contributed by atoms with Gasteiger partial charge in [-0.25, -0.2) is 9.59 Å². The van der Waals surface area contributed by atoms with Crippen LogP contribution in [0.4, 0.5) is 0 Å². The number of hydrogen-bond acceptors (Lipinski definition) is 7. The Kier molecular flexibility index (Phi) is 4.74. The van der Waals surface area contributed by atoms with E-state index in [9.17, 15) is 19.8 Å². The molecule has 0 radical (unpaired) electrons. The maximum Gasteiger partial charge on any atom is 0.338 e. The molecule has 0 aromatic heterocycles. The van der Waals surface area contributed by atoms with Crippen molar-refractivity contribution in [1.29, 1.82) is 0 Å². The Morgan fingerprint density at radius 1 is 1.40 bits per heavy atom. The van der Waals surface area contributed by atoms with Crippen molar-refractivity contribution in [3.05, 3.63) is 23.3 Å². The van der Waals surface area contributed by atoms with E-state index in [0.717, 1.165) is 5.57 Å². The van der Waals surface area contributed by atoms with Crippen LogP contribution in [-0.4, -0.2) is 70.6 Å². The van der Waals surface area contributed by atoms with E-state index in [1.165, 1.54) is 6.92 Å². The Morgan fingerprint density at radius 2 is 2.12 bits per heavy atom. The number of allylic oxidation sites excluding steroid dienone is 1. The standard InChI is InChI=1S/C18H25NO6/c1-4-11-7-10(2)18(3,23)17(22)24-9-12-5-6-19-8-13(25-16(11)21)15(20)14(12)19/h4-5,10,13-15,20,23H,6-9H2,1-3H3/b11-4-/t10-,13-,14-,15-,18-/m1/s1. The second-order valence-corrected chi connectivity index (χ2v) is 7.25. The Balaban J connectivity index is 1.92. The summed E-state index contributed by atoms with van der Waals surface area (Å²) >= 11 is 0. The quantitative estimate of drug-likeness (QED) is 0.365. The maximum atomic E-state index is 12.5. The van der Waals surface area contributed by atoms with Crippen molar-refractivity contribution >= 4 is 11.9 Å². The van der Waals surface area contributed by atoms with Gasteiger partial charge in [0.2, 0.25) is 0 Å². The minimum absolute atomic E-state index is 0.0110. The molecule has 3 heterocycles. The first-order chi connectivity index (χ1) is 11.8. The van der Waals surface area contributed by atoms with Crippen LogP contribution in [0.25, 0.3) is 0 Å². The molecule has 3 aliphatic rings. The van der Waals surface area contributed by atoms with E-state index in [4.69, 9.17) is 9.47 Å². The highest BCUT2D eigenvalue weighted by Gasteiger charge is 2.48. The number of aliphatic hydroxyl groups excluding tert-OH is 1. The van der Waals surface area contributed by atoms with Gasteiger partial charge in [-0.2, -0.15) is 0 Å². The molecule has 5 atom stereocenters. The molecule has 0 aromatic carbocycles. The lowest BCUT2D eigenvalue weighted by Crippen LogP contribution is -2.44. The minimum Gasteiger partial charge on any atom is -0.459 e. The van der Waals surface area contributed by atoms with Crippen LogP contribution < -0.4 is 0 Å². The lowest BCUT2D eigenvalue weighted by molar-refractivity contribution is -0.168. The largest absolute Gasteiger partial charge is 0.459 e. The van der Waals surface area contributed by atoms with E-state index in [1.807, 2.05) is 11.0 Å². The highest BCUT2D eigenvalue weighted by molar-refractivity contribution is 5.89. The van der Waals surface area contributed by atoms with E-state index in [0.29, 0.717) is 18.7 Å². The number of cyclic esters (lactones) is 1. The second kappa shape index (κ2) is 6.55. The highest BCUT2D eigenvalue weighted by atomic mass is 16.6. The number of fused-ring (bicyclic) bond motifs is 1. The van der Waals surface area contributed by atoms with E-state index < -0.39 is 35.7 Å². The Labute approximate surface area is 146 Å². The Bertz CT molecular complexity index is 637. The smallest absolute Gasteiger partial charge is 0.338 e. The summed E-state index contributed by atoms with van der Waals surface area (Å²) in [5, 5.41) is 21.2. The van der Waals surface area contributed by atoms with Crippen molar-refractivity contribution in [3.8, 4) is 0 Å². The van der Waals surface area contributed by atoms with Crippen LogP contribution in [0.1, 0.15) is 27.2 Å². The Hall–Kier alpha value is -1.70. The van der Waals surface area contributed by atoms with Crippen LogP contribution in [0.3, 0.4) is 0 Å². The number of ether oxygens (including phenoxy) is 2. The average molecular weight is 351 g/mol. The summed E-state index contributed by atoms with van der Waals surface area (Å²) in [4.78, 5) is 26.9. The van der Waals surface area contributed by atoms with E-state index in [2.05, 4.69) is 0 Å². The van der Waals surface area contributed by atoms with Crippen molar-refractivity contribution in [3.63, 3.8) is 0 Å². The van der Waals surface area contributed by atoms with Crippen molar-refractivity contribution in [2.75, 3.05) is 19.7 Å². The van der Waals surface area contributed by atoms with Crippen LogP contribution >= 0.6 is 0 Å². The molecule has 0 spiro atoms. The molecular formula is C18H25NO6. The number of carbonyl (C=O) groups is 2. The minimum atomic E-state index is -1.72.